The van der Waals surface area contributed by atoms with Crippen LogP contribution in [0.15, 0.2) is 48.5 Å². The van der Waals surface area contributed by atoms with Crippen molar-refractivity contribution in [3.8, 4) is 0 Å². The highest BCUT2D eigenvalue weighted by molar-refractivity contribution is 7.92. The molecule has 0 heterocycles. The van der Waals surface area contributed by atoms with E-state index < -0.39 is 16.1 Å². The molecular weight excluding hydrogens is 509 g/mol. The van der Waals surface area contributed by atoms with Crippen molar-refractivity contribution >= 4 is 50.7 Å². The number of carbonyl (C=O) groups is 2. The zero-order valence-corrected chi connectivity index (χ0v) is 22.8. The molecule has 35 heavy (non-hydrogen) atoms. The summed E-state index contributed by atoms with van der Waals surface area (Å²) in [5.41, 5.74) is 1.08. The van der Waals surface area contributed by atoms with Crippen molar-refractivity contribution in [2.45, 2.75) is 58.7 Å². The molecule has 0 radical (unpaired) electrons. The summed E-state index contributed by atoms with van der Waals surface area (Å²) in [4.78, 5) is 27.6. The molecule has 1 N–H and O–H groups in total. The molecule has 0 aromatic heterocycles. The van der Waals surface area contributed by atoms with Crippen LogP contribution in [0.5, 0.6) is 0 Å². The fourth-order valence-electron chi connectivity index (χ4n) is 3.50. The van der Waals surface area contributed by atoms with E-state index in [0.29, 0.717) is 21.3 Å². The number of hydrogen-bond donors (Lipinski definition) is 1. The van der Waals surface area contributed by atoms with Crippen molar-refractivity contribution < 1.29 is 18.0 Å². The van der Waals surface area contributed by atoms with Crippen molar-refractivity contribution in [3.63, 3.8) is 0 Å². The Morgan fingerprint density at radius 1 is 1.00 bits per heavy atom. The number of halogens is 2. The Morgan fingerprint density at radius 3 is 2.14 bits per heavy atom. The van der Waals surface area contributed by atoms with Crippen LogP contribution in [-0.2, 0) is 26.2 Å². The summed E-state index contributed by atoms with van der Waals surface area (Å²) in [5, 5.41) is 3.71. The molecule has 0 aliphatic carbocycles. The Bertz CT molecular complexity index is 1090. The smallest absolute Gasteiger partial charge is 0.242 e. The second-order valence-corrected chi connectivity index (χ2v) is 11.2. The maximum Gasteiger partial charge on any atom is 0.242 e. The summed E-state index contributed by atoms with van der Waals surface area (Å²) in [7, 11) is -3.53. The van der Waals surface area contributed by atoms with Crippen LogP contribution in [0.1, 0.15) is 45.6 Å². The summed E-state index contributed by atoms with van der Waals surface area (Å²) >= 11 is 12.7. The lowest BCUT2D eigenvalue weighted by atomic mass is 10.1. The van der Waals surface area contributed by atoms with Crippen molar-refractivity contribution in [2.75, 3.05) is 17.1 Å². The number of benzene rings is 2. The average molecular weight is 543 g/mol. The third kappa shape index (κ3) is 8.40. The summed E-state index contributed by atoms with van der Waals surface area (Å²) in [6.07, 6.45) is 2.20. The molecule has 0 saturated carbocycles. The zero-order valence-electron chi connectivity index (χ0n) is 20.5. The highest BCUT2D eigenvalue weighted by Gasteiger charge is 2.28. The second-order valence-electron chi connectivity index (χ2n) is 8.49. The molecule has 0 spiro atoms. The van der Waals surface area contributed by atoms with E-state index in [1.165, 1.54) is 9.21 Å². The van der Waals surface area contributed by atoms with Crippen LogP contribution in [0.3, 0.4) is 0 Å². The molecule has 2 atom stereocenters. The van der Waals surface area contributed by atoms with Gasteiger partial charge in [0, 0.05) is 41.2 Å². The minimum atomic E-state index is -3.53. The van der Waals surface area contributed by atoms with Gasteiger partial charge < -0.3 is 10.2 Å². The summed E-state index contributed by atoms with van der Waals surface area (Å²) in [5.74, 6) is -0.577. The number of carbonyl (C=O) groups excluding carboxylic acids is 2. The van der Waals surface area contributed by atoms with Gasteiger partial charge in [-0.1, -0.05) is 54.4 Å². The Hall–Kier alpha value is -2.29. The van der Waals surface area contributed by atoms with E-state index in [-0.39, 0.29) is 43.8 Å². The number of nitrogens with zero attached hydrogens (tertiary/aromatic N) is 2. The lowest BCUT2D eigenvalue weighted by molar-refractivity contribution is -0.140. The third-order valence-electron chi connectivity index (χ3n) is 5.75. The quantitative estimate of drug-likeness (QED) is 0.415. The predicted octanol–water partition coefficient (Wildman–Crippen LogP) is 4.87. The Kier molecular flexibility index (Phi) is 10.9. The molecule has 0 unspecified atom stereocenters. The molecule has 0 fully saturated rings. The Labute approximate surface area is 218 Å². The van der Waals surface area contributed by atoms with Gasteiger partial charge in [0.2, 0.25) is 21.8 Å². The second kappa shape index (κ2) is 13.1. The average Bonchev–Trinajstić information content (AvgIpc) is 2.80. The maximum atomic E-state index is 13.3. The molecule has 0 aliphatic rings. The van der Waals surface area contributed by atoms with Crippen LogP contribution in [0.4, 0.5) is 5.69 Å². The molecule has 10 heteroatoms. The fraction of sp³-hybridized carbons (Fsp3) is 0.440. The zero-order chi connectivity index (χ0) is 26.2. The van der Waals surface area contributed by atoms with E-state index in [1.807, 2.05) is 13.8 Å². The first-order valence-corrected chi connectivity index (χ1v) is 14.1. The topological polar surface area (TPSA) is 86.8 Å². The number of sulfonamides is 1. The molecule has 0 saturated heterocycles. The van der Waals surface area contributed by atoms with Crippen molar-refractivity contribution in [2.24, 2.45) is 0 Å². The SMILES string of the molecule is CC[C@H](C)NC(=O)[C@@H](C)N(Cc1c(Cl)cccc1Cl)C(=O)CCCN(c1ccccc1)S(C)(=O)=O. The molecule has 0 aliphatic heterocycles. The first-order valence-electron chi connectivity index (χ1n) is 11.5. The molecule has 2 amide bonds. The van der Waals surface area contributed by atoms with Gasteiger partial charge in [-0.25, -0.2) is 8.42 Å². The molecular formula is C25H33Cl2N3O4S. The minimum Gasteiger partial charge on any atom is -0.352 e. The summed E-state index contributed by atoms with van der Waals surface area (Å²) < 4.78 is 25.9. The van der Waals surface area contributed by atoms with Gasteiger partial charge in [-0.3, -0.25) is 13.9 Å². The molecule has 2 aromatic carbocycles. The van der Waals surface area contributed by atoms with Crippen molar-refractivity contribution in [1.82, 2.24) is 10.2 Å². The van der Waals surface area contributed by atoms with Gasteiger partial charge in [-0.05, 0) is 51.0 Å². The molecule has 192 valence electrons. The van der Waals surface area contributed by atoms with Gasteiger partial charge in [-0.15, -0.1) is 0 Å². The number of nitrogens with one attached hydrogen (secondary N) is 1. The third-order valence-corrected chi connectivity index (χ3v) is 7.66. The van der Waals surface area contributed by atoms with Crippen LogP contribution >= 0.6 is 23.2 Å². The first kappa shape index (κ1) is 28.9. The molecule has 2 aromatic rings. The van der Waals surface area contributed by atoms with Crippen molar-refractivity contribution in [3.05, 3.63) is 64.1 Å². The first-order chi connectivity index (χ1) is 16.5. The van der Waals surface area contributed by atoms with E-state index in [4.69, 9.17) is 23.2 Å². The summed E-state index contributed by atoms with van der Waals surface area (Å²) in [6.45, 7) is 5.70. The maximum absolute atomic E-state index is 13.3. The van der Waals surface area contributed by atoms with E-state index >= 15 is 0 Å². The van der Waals surface area contributed by atoms with E-state index in [0.717, 1.165) is 12.7 Å². The molecule has 7 nitrogen and oxygen atoms in total. The highest BCUT2D eigenvalue weighted by Crippen LogP contribution is 2.27. The van der Waals surface area contributed by atoms with Gasteiger partial charge in [-0.2, -0.15) is 0 Å². The summed E-state index contributed by atoms with van der Waals surface area (Å²) in [6, 6.07) is 13.0. The van der Waals surface area contributed by atoms with Gasteiger partial charge >= 0.3 is 0 Å². The Balaban J connectivity index is 2.21. The molecule has 0 bridgehead atoms. The van der Waals surface area contributed by atoms with Gasteiger partial charge in [0.05, 0.1) is 11.9 Å². The lowest BCUT2D eigenvalue weighted by Gasteiger charge is -2.30. The number of para-hydroxylation sites is 1. The fourth-order valence-corrected chi connectivity index (χ4v) is 4.98. The van der Waals surface area contributed by atoms with Crippen LogP contribution in [-0.4, -0.2) is 50.0 Å². The van der Waals surface area contributed by atoms with Crippen LogP contribution in [0.2, 0.25) is 10.0 Å². The predicted molar refractivity (Wildman–Crippen MR) is 142 cm³/mol. The minimum absolute atomic E-state index is 0.0417. The lowest BCUT2D eigenvalue weighted by Crippen LogP contribution is -2.49. The number of amides is 2. The largest absolute Gasteiger partial charge is 0.352 e. The van der Waals surface area contributed by atoms with Crippen molar-refractivity contribution in [1.29, 1.82) is 0 Å². The highest BCUT2D eigenvalue weighted by atomic mass is 35.5. The van der Waals surface area contributed by atoms with Gasteiger partial charge in [0.15, 0.2) is 0 Å². The molecule has 2 rings (SSSR count). The number of rotatable bonds is 12. The van der Waals surface area contributed by atoms with Gasteiger partial charge in [0.25, 0.3) is 0 Å². The monoisotopic (exact) mass is 541 g/mol. The van der Waals surface area contributed by atoms with Gasteiger partial charge in [0.1, 0.15) is 6.04 Å². The number of hydrogen-bond acceptors (Lipinski definition) is 4. The number of anilines is 1. The Morgan fingerprint density at radius 2 is 1.60 bits per heavy atom. The standard InChI is InChI=1S/C25H33Cl2N3O4S/c1-5-18(2)28-25(32)19(3)29(17-21-22(26)13-9-14-23(21)27)24(31)15-10-16-30(35(4,33)34)20-11-7-6-8-12-20/h6-9,11-14,18-19H,5,10,15-17H2,1-4H3,(H,28,32)/t18-,19+/m0/s1. The van der Waals surface area contributed by atoms with Crippen LogP contribution in [0.25, 0.3) is 0 Å². The van der Waals surface area contributed by atoms with E-state index in [1.54, 1.807) is 55.5 Å². The normalized spacial score (nSPS) is 13.1. The van der Waals surface area contributed by atoms with E-state index in [9.17, 15) is 18.0 Å². The van der Waals surface area contributed by atoms with Crippen LogP contribution < -0.4 is 9.62 Å². The van der Waals surface area contributed by atoms with E-state index in [2.05, 4.69) is 5.32 Å². The van der Waals surface area contributed by atoms with Crippen LogP contribution in [0, 0.1) is 0 Å².